The van der Waals surface area contributed by atoms with Crippen molar-refractivity contribution in [2.24, 2.45) is 5.92 Å². The number of nitrogens with zero attached hydrogens (tertiary/aromatic N) is 3. The van der Waals surface area contributed by atoms with E-state index in [0.29, 0.717) is 31.6 Å². The third-order valence-electron chi connectivity index (χ3n) is 3.85. The lowest BCUT2D eigenvalue weighted by Gasteiger charge is -2.17. The molecule has 2 rings (SSSR count). The van der Waals surface area contributed by atoms with Crippen LogP contribution in [0.4, 0.5) is 10.7 Å². The number of anilines is 1. The molecule has 0 aromatic carbocycles. The van der Waals surface area contributed by atoms with Crippen LogP contribution < -0.4 is 5.32 Å². The first-order chi connectivity index (χ1) is 11.1. The zero-order chi connectivity index (χ0) is 16.7. The molecule has 2 heterocycles. The lowest BCUT2D eigenvalue weighted by atomic mass is 10.1. The van der Waals surface area contributed by atoms with Gasteiger partial charge in [0.15, 0.2) is 0 Å². The second kappa shape index (κ2) is 8.70. The zero-order valence-corrected chi connectivity index (χ0v) is 14.4. The van der Waals surface area contributed by atoms with Gasteiger partial charge in [0.05, 0.1) is 6.61 Å². The minimum atomic E-state index is -0.212. The Hall–Kier alpha value is -1.85. The molecule has 1 saturated heterocycles. The maximum atomic E-state index is 11.9. The number of amides is 1. The van der Waals surface area contributed by atoms with E-state index < -0.39 is 0 Å². The van der Waals surface area contributed by atoms with Crippen molar-refractivity contribution in [3.8, 4) is 0 Å². The molecular formula is C17H28N4O2. The van der Waals surface area contributed by atoms with Crippen molar-refractivity contribution in [2.45, 2.75) is 52.5 Å². The van der Waals surface area contributed by atoms with Crippen LogP contribution in [0.15, 0.2) is 12.4 Å². The van der Waals surface area contributed by atoms with Crippen molar-refractivity contribution in [2.75, 3.05) is 25.0 Å². The second-order valence-electron chi connectivity index (χ2n) is 6.56. The number of carbonyl (C=O) groups is 1. The van der Waals surface area contributed by atoms with Crippen LogP contribution in [-0.4, -0.2) is 46.7 Å². The number of rotatable bonds is 7. The summed E-state index contributed by atoms with van der Waals surface area (Å²) in [5.74, 6) is 1.23. The average molecular weight is 320 g/mol. The van der Waals surface area contributed by atoms with E-state index in [-0.39, 0.29) is 12.1 Å². The van der Waals surface area contributed by atoms with Crippen molar-refractivity contribution in [3.05, 3.63) is 18.0 Å². The summed E-state index contributed by atoms with van der Waals surface area (Å²) >= 11 is 0. The quantitative estimate of drug-likeness (QED) is 0.782. The van der Waals surface area contributed by atoms with Crippen molar-refractivity contribution in [3.63, 3.8) is 0 Å². The van der Waals surface area contributed by atoms with Gasteiger partial charge in [0.2, 0.25) is 5.95 Å². The van der Waals surface area contributed by atoms with E-state index >= 15 is 0 Å². The summed E-state index contributed by atoms with van der Waals surface area (Å²) in [6, 6.07) is 0.185. The lowest BCUT2D eigenvalue weighted by molar-refractivity contribution is 0.109. The van der Waals surface area contributed by atoms with E-state index in [1.165, 1.54) is 0 Å². The molecule has 1 atom stereocenters. The Balaban J connectivity index is 1.77. The molecule has 1 N–H and O–H groups in total. The lowest BCUT2D eigenvalue weighted by Crippen LogP contribution is -2.32. The smallest absolute Gasteiger partial charge is 0.409 e. The molecule has 0 spiro atoms. The van der Waals surface area contributed by atoms with Crippen LogP contribution in [0.3, 0.4) is 0 Å². The van der Waals surface area contributed by atoms with Gasteiger partial charge in [-0.05, 0) is 30.7 Å². The van der Waals surface area contributed by atoms with Crippen LogP contribution in [0, 0.1) is 5.92 Å². The van der Waals surface area contributed by atoms with Crippen LogP contribution >= 0.6 is 0 Å². The first-order valence-corrected chi connectivity index (χ1v) is 8.57. The molecule has 0 radical (unpaired) electrons. The standard InChI is InChI=1S/C17H28N4O2/c1-4-5-8-23-17(22)21-7-6-15(12-21)20-16-18-10-14(11-19-16)9-13(2)3/h10-11,13,15H,4-9,12H2,1-3H3,(H,18,19,20)/t15-/m0/s1. The molecule has 0 unspecified atom stereocenters. The highest BCUT2D eigenvalue weighted by Gasteiger charge is 2.27. The number of ether oxygens (including phenoxy) is 1. The van der Waals surface area contributed by atoms with Crippen LogP contribution in [0.5, 0.6) is 0 Å². The monoisotopic (exact) mass is 320 g/mol. The maximum Gasteiger partial charge on any atom is 0.409 e. The summed E-state index contributed by atoms with van der Waals surface area (Å²) in [5, 5.41) is 3.30. The largest absolute Gasteiger partial charge is 0.449 e. The number of carbonyl (C=O) groups excluding carboxylic acids is 1. The highest BCUT2D eigenvalue weighted by atomic mass is 16.6. The van der Waals surface area contributed by atoms with Crippen molar-refractivity contribution in [1.82, 2.24) is 14.9 Å². The van der Waals surface area contributed by atoms with Gasteiger partial charge in [-0.3, -0.25) is 0 Å². The van der Waals surface area contributed by atoms with Crippen LogP contribution in [-0.2, 0) is 11.2 Å². The molecule has 23 heavy (non-hydrogen) atoms. The fourth-order valence-electron chi connectivity index (χ4n) is 2.63. The Labute approximate surface area is 138 Å². The summed E-state index contributed by atoms with van der Waals surface area (Å²) in [6.07, 6.45) is 7.36. The first kappa shape index (κ1) is 17.5. The van der Waals surface area contributed by atoms with Gasteiger partial charge in [0.25, 0.3) is 0 Å². The van der Waals surface area contributed by atoms with Crippen LogP contribution in [0.25, 0.3) is 0 Å². The molecule has 0 bridgehead atoms. The molecule has 6 nitrogen and oxygen atoms in total. The summed E-state index contributed by atoms with van der Waals surface area (Å²) < 4.78 is 5.25. The van der Waals surface area contributed by atoms with Crippen molar-refractivity contribution < 1.29 is 9.53 Å². The summed E-state index contributed by atoms with van der Waals surface area (Å²) in [4.78, 5) is 22.4. The molecule has 1 aliphatic rings. The topological polar surface area (TPSA) is 67.3 Å². The molecule has 1 amide bonds. The Bertz CT molecular complexity index is 490. The number of hydrogen-bond acceptors (Lipinski definition) is 5. The summed E-state index contributed by atoms with van der Waals surface area (Å²) in [6.45, 7) is 8.30. The Morgan fingerprint density at radius 1 is 1.43 bits per heavy atom. The van der Waals surface area contributed by atoms with Crippen molar-refractivity contribution >= 4 is 12.0 Å². The molecule has 128 valence electrons. The van der Waals surface area contributed by atoms with E-state index in [0.717, 1.165) is 31.2 Å². The Kier molecular flexibility index (Phi) is 6.62. The van der Waals surface area contributed by atoms with Gasteiger partial charge in [-0.2, -0.15) is 0 Å². The van der Waals surface area contributed by atoms with Gasteiger partial charge in [0.1, 0.15) is 0 Å². The van der Waals surface area contributed by atoms with E-state index in [1.807, 2.05) is 12.4 Å². The normalized spacial score (nSPS) is 17.6. The molecule has 1 fully saturated rings. The van der Waals surface area contributed by atoms with Gasteiger partial charge in [-0.1, -0.05) is 27.2 Å². The van der Waals surface area contributed by atoms with Gasteiger partial charge >= 0.3 is 6.09 Å². The molecular weight excluding hydrogens is 292 g/mol. The molecule has 0 aliphatic carbocycles. The zero-order valence-electron chi connectivity index (χ0n) is 14.4. The van der Waals surface area contributed by atoms with Crippen LogP contribution in [0.1, 0.15) is 45.6 Å². The SMILES string of the molecule is CCCCOC(=O)N1CC[C@H](Nc2ncc(CC(C)C)cn2)C1. The number of nitrogens with one attached hydrogen (secondary N) is 1. The van der Waals surface area contributed by atoms with E-state index in [9.17, 15) is 4.79 Å². The van der Waals surface area contributed by atoms with Gasteiger partial charge in [0, 0.05) is 31.5 Å². The molecule has 1 aromatic heterocycles. The second-order valence-corrected chi connectivity index (χ2v) is 6.56. The predicted molar refractivity (Wildman–Crippen MR) is 90.4 cm³/mol. The highest BCUT2D eigenvalue weighted by Crippen LogP contribution is 2.15. The fourth-order valence-corrected chi connectivity index (χ4v) is 2.63. The van der Waals surface area contributed by atoms with E-state index in [4.69, 9.17) is 4.74 Å². The molecule has 1 aromatic rings. The first-order valence-electron chi connectivity index (χ1n) is 8.57. The van der Waals surface area contributed by atoms with Crippen LogP contribution in [0.2, 0.25) is 0 Å². The van der Waals surface area contributed by atoms with E-state index in [1.54, 1.807) is 4.90 Å². The molecule has 6 heteroatoms. The number of hydrogen-bond donors (Lipinski definition) is 1. The minimum Gasteiger partial charge on any atom is -0.449 e. The minimum absolute atomic E-state index is 0.185. The average Bonchev–Trinajstić information content (AvgIpc) is 2.97. The molecule has 0 saturated carbocycles. The molecule has 1 aliphatic heterocycles. The Morgan fingerprint density at radius 3 is 2.83 bits per heavy atom. The van der Waals surface area contributed by atoms with Gasteiger partial charge < -0.3 is 15.0 Å². The number of aromatic nitrogens is 2. The summed E-state index contributed by atoms with van der Waals surface area (Å²) in [7, 11) is 0. The highest BCUT2D eigenvalue weighted by molar-refractivity contribution is 5.68. The van der Waals surface area contributed by atoms with Gasteiger partial charge in [-0.15, -0.1) is 0 Å². The van der Waals surface area contributed by atoms with Gasteiger partial charge in [-0.25, -0.2) is 14.8 Å². The summed E-state index contributed by atoms with van der Waals surface area (Å²) in [5.41, 5.74) is 1.15. The number of likely N-dealkylation sites (tertiary alicyclic amines) is 1. The third kappa shape index (κ3) is 5.69. The van der Waals surface area contributed by atoms with E-state index in [2.05, 4.69) is 36.1 Å². The number of unbranched alkanes of at least 4 members (excludes halogenated alkanes) is 1. The maximum absolute atomic E-state index is 11.9. The predicted octanol–water partition coefficient (Wildman–Crippen LogP) is 3.10. The van der Waals surface area contributed by atoms with Crippen molar-refractivity contribution in [1.29, 1.82) is 0 Å². The fraction of sp³-hybridized carbons (Fsp3) is 0.706. The Morgan fingerprint density at radius 2 is 2.17 bits per heavy atom. The third-order valence-corrected chi connectivity index (χ3v) is 3.85.